The molecule has 0 saturated heterocycles. The van der Waals surface area contributed by atoms with Crippen molar-refractivity contribution in [3.63, 3.8) is 0 Å². The van der Waals surface area contributed by atoms with Gasteiger partial charge >= 0.3 is 0 Å². The summed E-state index contributed by atoms with van der Waals surface area (Å²) in [5, 5.41) is 3.46. The molecule has 0 amide bonds. The number of hydrogen-bond donors (Lipinski definition) is 1. The van der Waals surface area contributed by atoms with E-state index in [1.165, 1.54) is 0 Å². The molecule has 0 fully saturated rings. The number of rotatable bonds is 3. The van der Waals surface area contributed by atoms with Gasteiger partial charge in [-0.05, 0) is 6.07 Å². The minimum absolute atomic E-state index is 0.384. The van der Waals surface area contributed by atoms with Crippen LogP contribution in [0.5, 0.6) is 0 Å². The van der Waals surface area contributed by atoms with Crippen molar-refractivity contribution < 1.29 is 4.42 Å². The van der Waals surface area contributed by atoms with Crippen molar-refractivity contribution in [1.82, 2.24) is 19.5 Å². The van der Waals surface area contributed by atoms with E-state index in [0.29, 0.717) is 23.3 Å². The fourth-order valence-electron chi connectivity index (χ4n) is 1.66. The van der Waals surface area contributed by atoms with E-state index < -0.39 is 0 Å². The van der Waals surface area contributed by atoms with Crippen LogP contribution in [-0.4, -0.2) is 19.5 Å². The van der Waals surface area contributed by atoms with E-state index in [-0.39, 0.29) is 0 Å². The molecule has 3 aromatic heterocycles. The second-order valence-electron chi connectivity index (χ2n) is 3.85. The maximum atomic E-state index is 6.10. The number of halogens is 1. The third-order valence-corrected chi connectivity index (χ3v) is 2.82. The molecule has 92 valence electrons. The largest absolute Gasteiger partial charge is 0.472 e. The standard InChI is InChI=1S/C11H10ClN5O/c1-17-6-14-10-8(17)9(12)15-11(16-10)13-4-7-2-3-18-5-7/h2-3,5-6H,4H2,1H3,(H,13,15,16). The Labute approximate surface area is 108 Å². The second-order valence-corrected chi connectivity index (χ2v) is 4.21. The van der Waals surface area contributed by atoms with Crippen LogP contribution in [-0.2, 0) is 13.6 Å². The summed E-state index contributed by atoms with van der Waals surface area (Å²) < 4.78 is 6.77. The van der Waals surface area contributed by atoms with Gasteiger partial charge in [0, 0.05) is 19.2 Å². The topological polar surface area (TPSA) is 68.8 Å². The summed E-state index contributed by atoms with van der Waals surface area (Å²) in [4.78, 5) is 12.6. The first-order valence-electron chi connectivity index (χ1n) is 5.33. The van der Waals surface area contributed by atoms with Crippen molar-refractivity contribution in [2.24, 2.45) is 7.05 Å². The lowest BCUT2D eigenvalue weighted by Crippen LogP contribution is -2.03. The van der Waals surface area contributed by atoms with Gasteiger partial charge in [-0.1, -0.05) is 11.6 Å². The molecular weight excluding hydrogens is 254 g/mol. The summed E-state index contributed by atoms with van der Waals surface area (Å²) in [6, 6.07) is 1.87. The Morgan fingerprint density at radius 1 is 1.44 bits per heavy atom. The van der Waals surface area contributed by atoms with Crippen LogP contribution in [0.1, 0.15) is 5.56 Å². The van der Waals surface area contributed by atoms with Crippen molar-refractivity contribution in [3.05, 3.63) is 35.6 Å². The average Bonchev–Trinajstić information content (AvgIpc) is 2.97. The van der Waals surface area contributed by atoms with Crippen molar-refractivity contribution in [2.75, 3.05) is 5.32 Å². The van der Waals surface area contributed by atoms with Crippen LogP contribution in [0.25, 0.3) is 11.2 Å². The van der Waals surface area contributed by atoms with Crippen molar-refractivity contribution in [1.29, 1.82) is 0 Å². The van der Waals surface area contributed by atoms with Crippen LogP contribution in [0.4, 0.5) is 5.95 Å². The third kappa shape index (κ3) is 1.91. The molecule has 3 rings (SSSR count). The monoisotopic (exact) mass is 263 g/mol. The van der Waals surface area contributed by atoms with Crippen LogP contribution in [0.3, 0.4) is 0 Å². The molecule has 0 unspecified atom stereocenters. The lowest BCUT2D eigenvalue weighted by molar-refractivity contribution is 0.564. The van der Waals surface area contributed by atoms with Gasteiger partial charge in [-0.3, -0.25) is 0 Å². The Bertz CT molecular complexity index is 676. The van der Waals surface area contributed by atoms with Gasteiger partial charge < -0.3 is 14.3 Å². The van der Waals surface area contributed by atoms with E-state index in [2.05, 4.69) is 20.3 Å². The molecule has 0 aliphatic carbocycles. The Morgan fingerprint density at radius 3 is 3.11 bits per heavy atom. The highest BCUT2D eigenvalue weighted by molar-refractivity contribution is 6.33. The van der Waals surface area contributed by atoms with E-state index in [0.717, 1.165) is 11.1 Å². The molecule has 1 N–H and O–H groups in total. The van der Waals surface area contributed by atoms with E-state index in [4.69, 9.17) is 16.0 Å². The Hall–Kier alpha value is -2.08. The zero-order chi connectivity index (χ0) is 12.5. The molecule has 18 heavy (non-hydrogen) atoms. The van der Waals surface area contributed by atoms with Crippen LogP contribution in [0, 0.1) is 0 Å². The number of nitrogens with one attached hydrogen (secondary N) is 1. The van der Waals surface area contributed by atoms with Gasteiger partial charge in [0.1, 0.15) is 5.52 Å². The number of imidazole rings is 1. The predicted octanol–water partition coefficient (Wildman–Crippen LogP) is 2.22. The summed E-state index contributed by atoms with van der Waals surface area (Å²) in [6.45, 7) is 0.575. The Kier molecular flexibility index (Phi) is 2.64. The first-order chi connectivity index (χ1) is 8.74. The van der Waals surface area contributed by atoms with E-state index in [1.54, 1.807) is 23.4 Å². The van der Waals surface area contributed by atoms with E-state index in [1.807, 2.05) is 13.1 Å². The number of nitrogens with zero attached hydrogens (tertiary/aromatic N) is 4. The first kappa shape index (κ1) is 11.0. The highest BCUT2D eigenvalue weighted by atomic mass is 35.5. The maximum absolute atomic E-state index is 6.10. The van der Waals surface area contributed by atoms with Crippen LogP contribution >= 0.6 is 11.6 Å². The lowest BCUT2D eigenvalue weighted by Gasteiger charge is -2.04. The van der Waals surface area contributed by atoms with Crippen LogP contribution < -0.4 is 5.32 Å². The number of aryl methyl sites for hydroxylation is 1. The van der Waals surface area contributed by atoms with Crippen molar-refractivity contribution >= 4 is 28.7 Å². The van der Waals surface area contributed by atoms with Gasteiger partial charge in [0.25, 0.3) is 0 Å². The highest BCUT2D eigenvalue weighted by Crippen LogP contribution is 2.20. The summed E-state index contributed by atoms with van der Waals surface area (Å²) in [5.41, 5.74) is 2.31. The number of furan rings is 1. The summed E-state index contributed by atoms with van der Waals surface area (Å²) in [7, 11) is 1.85. The maximum Gasteiger partial charge on any atom is 0.226 e. The predicted molar refractivity (Wildman–Crippen MR) is 67.3 cm³/mol. The molecule has 0 aliphatic rings. The first-order valence-corrected chi connectivity index (χ1v) is 5.71. The third-order valence-electron chi connectivity index (χ3n) is 2.56. The van der Waals surface area contributed by atoms with Gasteiger partial charge in [-0.2, -0.15) is 9.97 Å². The highest BCUT2D eigenvalue weighted by Gasteiger charge is 2.10. The molecule has 3 heterocycles. The quantitative estimate of drug-likeness (QED) is 0.734. The molecule has 0 atom stereocenters. The molecule has 0 aromatic carbocycles. The van der Waals surface area contributed by atoms with Crippen molar-refractivity contribution in [3.8, 4) is 0 Å². The summed E-state index contributed by atoms with van der Waals surface area (Å²) in [6.07, 6.45) is 4.94. The summed E-state index contributed by atoms with van der Waals surface area (Å²) >= 11 is 6.10. The van der Waals surface area contributed by atoms with Crippen LogP contribution in [0.2, 0.25) is 5.15 Å². The SMILES string of the molecule is Cn1cnc2nc(NCc3ccoc3)nc(Cl)c21. The molecule has 0 aliphatic heterocycles. The Balaban J connectivity index is 1.89. The van der Waals surface area contributed by atoms with Gasteiger partial charge in [0.2, 0.25) is 5.95 Å². The van der Waals surface area contributed by atoms with Gasteiger partial charge in [0.05, 0.1) is 18.9 Å². The minimum Gasteiger partial charge on any atom is -0.472 e. The zero-order valence-electron chi connectivity index (χ0n) is 9.59. The van der Waals surface area contributed by atoms with E-state index >= 15 is 0 Å². The van der Waals surface area contributed by atoms with Gasteiger partial charge in [-0.25, -0.2) is 4.98 Å². The second kappa shape index (κ2) is 4.30. The Morgan fingerprint density at radius 2 is 2.33 bits per heavy atom. The number of fused-ring (bicyclic) bond motifs is 1. The normalized spacial score (nSPS) is 11.0. The van der Waals surface area contributed by atoms with Crippen LogP contribution in [0.15, 0.2) is 29.3 Å². The smallest absolute Gasteiger partial charge is 0.226 e. The molecule has 0 bridgehead atoms. The molecule has 7 heteroatoms. The fraction of sp³-hybridized carbons (Fsp3) is 0.182. The van der Waals surface area contributed by atoms with Gasteiger partial charge in [-0.15, -0.1) is 0 Å². The number of anilines is 1. The molecule has 0 saturated carbocycles. The van der Waals surface area contributed by atoms with E-state index in [9.17, 15) is 0 Å². The zero-order valence-corrected chi connectivity index (χ0v) is 10.3. The number of hydrogen-bond acceptors (Lipinski definition) is 5. The number of aromatic nitrogens is 4. The molecule has 0 spiro atoms. The lowest BCUT2D eigenvalue weighted by atomic mass is 10.3. The fourth-order valence-corrected chi connectivity index (χ4v) is 1.96. The molecule has 3 aromatic rings. The van der Waals surface area contributed by atoms with Gasteiger partial charge in [0.15, 0.2) is 10.8 Å². The molecular formula is C11H10ClN5O. The molecule has 6 nitrogen and oxygen atoms in total. The minimum atomic E-state index is 0.384. The molecule has 0 radical (unpaired) electrons. The summed E-state index contributed by atoms with van der Waals surface area (Å²) in [5.74, 6) is 0.451. The van der Waals surface area contributed by atoms with Crippen molar-refractivity contribution in [2.45, 2.75) is 6.54 Å². The average molecular weight is 264 g/mol.